The predicted octanol–water partition coefficient (Wildman–Crippen LogP) is 3.54. The Morgan fingerprint density at radius 2 is 1.92 bits per heavy atom. The van der Waals surface area contributed by atoms with E-state index in [2.05, 4.69) is 64.9 Å². The summed E-state index contributed by atoms with van der Waals surface area (Å²) in [6.07, 6.45) is 1.73. The fraction of sp³-hybridized carbons (Fsp3) is 0.409. The molecule has 0 unspecified atom stereocenters. The zero-order valence-electron chi connectivity index (χ0n) is 15.3. The molecule has 0 bridgehead atoms. The van der Waals surface area contributed by atoms with E-state index in [4.69, 9.17) is 0 Å². The number of nitrogens with zero attached hydrogens (tertiary/aromatic N) is 1. The number of hydrogen-bond acceptors (Lipinski definition) is 3. The number of nitrogens with one attached hydrogen (secondary N) is 2. The first-order valence-electron chi connectivity index (χ1n) is 9.62. The second-order valence-corrected chi connectivity index (χ2v) is 7.51. The van der Waals surface area contributed by atoms with E-state index in [-0.39, 0.29) is 11.8 Å². The Labute approximate surface area is 155 Å². The van der Waals surface area contributed by atoms with Crippen molar-refractivity contribution in [2.45, 2.75) is 37.8 Å². The molecule has 4 nitrogen and oxygen atoms in total. The van der Waals surface area contributed by atoms with Crippen LogP contribution in [-0.2, 0) is 4.79 Å². The van der Waals surface area contributed by atoms with Crippen LogP contribution in [0.3, 0.4) is 0 Å². The number of carbonyl (C=O) groups is 1. The summed E-state index contributed by atoms with van der Waals surface area (Å²) in [5, 5.41) is 6.71. The lowest BCUT2D eigenvalue weighted by atomic mass is 9.90. The molecule has 2 aliphatic heterocycles. The van der Waals surface area contributed by atoms with Crippen LogP contribution in [0.1, 0.15) is 42.9 Å². The minimum atomic E-state index is 0.126. The van der Waals surface area contributed by atoms with E-state index < -0.39 is 0 Å². The molecule has 0 aliphatic carbocycles. The lowest BCUT2D eigenvalue weighted by molar-refractivity contribution is -0.116. The number of anilines is 1. The lowest BCUT2D eigenvalue weighted by Crippen LogP contribution is -2.37. The smallest absolute Gasteiger partial charge is 0.225 e. The van der Waals surface area contributed by atoms with Gasteiger partial charge in [0.05, 0.1) is 0 Å². The van der Waals surface area contributed by atoms with Crippen LogP contribution in [0, 0.1) is 0 Å². The number of benzene rings is 2. The van der Waals surface area contributed by atoms with Crippen LogP contribution in [0.2, 0.25) is 0 Å². The maximum absolute atomic E-state index is 12.0. The first-order chi connectivity index (χ1) is 12.7. The van der Waals surface area contributed by atoms with Gasteiger partial charge >= 0.3 is 0 Å². The summed E-state index contributed by atoms with van der Waals surface area (Å²) in [5.41, 5.74) is 3.61. The highest BCUT2D eigenvalue weighted by Crippen LogP contribution is 2.32. The molecule has 2 aromatic rings. The van der Waals surface area contributed by atoms with Gasteiger partial charge in [-0.05, 0) is 30.5 Å². The molecule has 0 spiro atoms. The first kappa shape index (κ1) is 17.3. The highest BCUT2D eigenvalue weighted by molar-refractivity contribution is 5.94. The highest BCUT2D eigenvalue weighted by Gasteiger charge is 2.29. The molecule has 0 radical (unpaired) electrons. The Kier molecular flexibility index (Phi) is 5.05. The van der Waals surface area contributed by atoms with E-state index >= 15 is 0 Å². The number of fused-ring (bicyclic) bond motifs is 1. The molecule has 26 heavy (non-hydrogen) atoms. The molecule has 0 saturated carbocycles. The van der Waals surface area contributed by atoms with Crippen LogP contribution in [0.5, 0.6) is 0 Å². The molecule has 4 rings (SSSR count). The average Bonchev–Trinajstić information content (AvgIpc) is 3.15. The zero-order valence-corrected chi connectivity index (χ0v) is 15.3. The second kappa shape index (κ2) is 7.60. The van der Waals surface area contributed by atoms with Crippen LogP contribution in [0.25, 0.3) is 0 Å². The van der Waals surface area contributed by atoms with Crippen molar-refractivity contribution in [3.63, 3.8) is 0 Å². The van der Waals surface area contributed by atoms with Gasteiger partial charge < -0.3 is 10.6 Å². The molecule has 2 N–H and O–H groups in total. The van der Waals surface area contributed by atoms with Crippen LogP contribution in [0.15, 0.2) is 54.6 Å². The molecular weight excluding hydrogens is 322 g/mol. The largest absolute Gasteiger partial charge is 0.326 e. The molecule has 1 fully saturated rings. The van der Waals surface area contributed by atoms with Gasteiger partial charge in [-0.2, -0.15) is 0 Å². The standard InChI is InChI=1S/C22H27N3O/c1-16(17-7-3-2-4-8-17)25-12-11-19(15-25)23-14-18-13-22(26)24-21-10-6-5-9-20(18)21/h2-10,16,18-19,23H,11-15H2,1H3,(H,24,26)/t16-,18+,19-/m1/s1. The Morgan fingerprint density at radius 1 is 1.15 bits per heavy atom. The molecule has 3 atom stereocenters. The van der Waals surface area contributed by atoms with Crippen molar-refractivity contribution < 1.29 is 4.79 Å². The number of hydrogen-bond donors (Lipinski definition) is 2. The average molecular weight is 349 g/mol. The molecule has 2 aliphatic rings. The van der Waals surface area contributed by atoms with Crippen LogP contribution in [0.4, 0.5) is 5.69 Å². The van der Waals surface area contributed by atoms with E-state index in [1.165, 1.54) is 11.1 Å². The Balaban J connectivity index is 1.34. The van der Waals surface area contributed by atoms with Gasteiger partial charge in [-0.1, -0.05) is 48.5 Å². The quantitative estimate of drug-likeness (QED) is 0.868. The SMILES string of the molecule is C[C@H](c1ccccc1)N1CC[C@@H](NC[C@@H]2CC(=O)Nc3ccccc32)C1. The molecule has 1 amide bonds. The van der Waals surface area contributed by atoms with E-state index in [0.717, 1.165) is 31.7 Å². The Bertz CT molecular complexity index is 761. The number of carbonyl (C=O) groups excluding carboxylic acids is 1. The Hall–Kier alpha value is -2.17. The first-order valence-corrected chi connectivity index (χ1v) is 9.62. The fourth-order valence-corrected chi connectivity index (χ4v) is 4.24. The topological polar surface area (TPSA) is 44.4 Å². The van der Waals surface area contributed by atoms with Crippen molar-refractivity contribution in [1.82, 2.24) is 10.2 Å². The molecule has 0 aromatic heterocycles. The maximum Gasteiger partial charge on any atom is 0.225 e. The van der Waals surface area contributed by atoms with Gasteiger partial charge in [0.1, 0.15) is 0 Å². The van der Waals surface area contributed by atoms with Gasteiger partial charge in [0.25, 0.3) is 0 Å². The molecule has 136 valence electrons. The van der Waals surface area contributed by atoms with Gasteiger partial charge in [0.15, 0.2) is 0 Å². The van der Waals surface area contributed by atoms with Crippen molar-refractivity contribution in [2.75, 3.05) is 25.0 Å². The minimum Gasteiger partial charge on any atom is -0.326 e. The van der Waals surface area contributed by atoms with Crippen molar-refractivity contribution >= 4 is 11.6 Å². The van der Waals surface area contributed by atoms with E-state index in [9.17, 15) is 4.79 Å². The fourth-order valence-electron chi connectivity index (χ4n) is 4.24. The van der Waals surface area contributed by atoms with Gasteiger partial charge in [-0.25, -0.2) is 0 Å². The van der Waals surface area contributed by atoms with Crippen molar-refractivity contribution in [3.05, 3.63) is 65.7 Å². The van der Waals surface area contributed by atoms with Crippen LogP contribution in [-0.4, -0.2) is 36.5 Å². The van der Waals surface area contributed by atoms with E-state index in [1.54, 1.807) is 0 Å². The summed E-state index contributed by atoms with van der Waals surface area (Å²) >= 11 is 0. The Morgan fingerprint density at radius 3 is 2.77 bits per heavy atom. The normalized spacial score (nSPS) is 24.1. The lowest BCUT2D eigenvalue weighted by Gasteiger charge is -2.28. The third-order valence-corrected chi connectivity index (χ3v) is 5.81. The van der Waals surface area contributed by atoms with Crippen molar-refractivity contribution in [2.24, 2.45) is 0 Å². The summed E-state index contributed by atoms with van der Waals surface area (Å²) in [6.45, 7) is 5.34. The maximum atomic E-state index is 12.0. The number of amides is 1. The summed E-state index contributed by atoms with van der Waals surface area (Å²) in [4.78, 5) is 14.5. The predicted molar refractivity (Wildman–Crippen MR) is 105 cm³/mol. The number of likely N-dealkylation sites (tertiary alicyclic amines) is 1. The highest BCUT2D eigenvalue weighted by atomic mass is 16.1. The van der Waals surface area contributed by atoms with Crippen LogP contribution >= 0.6 is 0 Å². The van der Waals surface area contributed by atoms with Crippen molar-refractivity contribution in [1.29, 1.82) is 0 Å². The number of rotatable bonds is 5. The molecule has 2 heterocycles. The van der Waals surface area contributed by atoms with Gasteiger partial charge in [0, 0.05) is 49.7 Å². The molecule has 1 saturated heterocycles. The van der Waals surface area contributed by atoms with Crippen molar-refractivity contribution in [3.8, 4) is 0 Å². The van der Waals surface area contributed by atoms with E-state index in [0.29, 0.717) is 18.5 Å². The van der Waals surface area contributed by atoms with Crippen LogP contribution < -0.4 is 10.6 Å². The molecule has 4 heteroatoms. The molecule has 2 aromatic carbocycles. The summed E-state index contributed by atoms with van der Waals surface area (Å²) in [5.74, 6) is 0.391. The number of para-hydroxylation sites is 1. The monoisotopic (exact) mass is 349 g/mol. The summed E-state index contributed by atoms with van der Waals surface area (Å²) in [7, 11) is 0. The zero-order chi connectivity index (χ0) is 17.9. The molecular formula is C22H27N3O. The summed E-state index contributed by atoms with van der Waals surface area (Å²) < 4.78 is 0. The third kappa shape index (κ3) is 3.67. The van der Waals surface area contributed by atoms with Gasteiger partial charge in [-0.15, -0.1) is 0 Å². The third-order valence-electron chi connectivity index (χ3n) is 5.81. The minimum absolute atomic E-state index is 0.126. The second-order valence-electron chi connectivity index (χ2n) is 7.51. The van der Waals surface area contributed by atoms with Gasteiger partial charge in [-0.3, -0.25) is 9.69 Å². The summed E-state index contributed by atoms with van der Waals surface area (Å²) in [6, 6.07) is 19.8. The van der Waals surface area contributed by atoms with Gasteiger partial charge in [0.2, 0.25) is 5.91 Å². The van der Waals surface area contributed by atoms with E-state index in [1.807, 2.05) is 12.1 Å².